The van der Waals surface area contributed by atoms with Crippen LogP contribution in [-0.4, -0.2) is 29.4 Å². The van der Waals surface area contributed by atoms with E-state index in [2.05, 4.69) is 10.6 Å². The first-order chi connectivity index (χ1) is 10.1. The molecule has 2 amide bonds. The molecule has 1 heterocycles. The van der Waals surface area contributed by atoms with Gasteiger partial charge in [0.05, 0.1) is 9.88 Å². The zero-order valence-electron chi connectivity index (χ0n) is 11.6. The van der Waals surface area contributed by atoms with Gasteiger partial charge in [0.1, 0.15) is 0 Å². The van der Waals surface area contributed by atoms with E-state index in [4.69, 9.17) is 5.11 Å². The van der Waals surface area contributed by atoms with Crippen LogP contribution in [0.15, 0.2) is 12.1 Å². The summed E-state index contributed by atoms with van der Waals surface area (Å²) in [7, 11) is 0. The van der Waals surface area contributed by atoms with E-state index < -0.39 is 5.97 Å². The molecule has 0 bridgehead atoms. The monoisotopic (exact) mass is 310 g/mol. The van der Waals surface area contributed by atoms with Gasteiger partial charge in [0.2, 0.25) is 5.91 Å². The lowest BCUT2D eigenvalue weighted by Crippen LogP contribution is -2.23. The second kappa shape index (κ2) is 7.21. The summed E-state index contributed by atoms with van der Waals surface area (Å²) in [6, 6.07) is 3.41. The lowest BCUT2D eigenvalue weighted by atomic mass is 10.2. The predicted octanol–water partition coefficient (Wildman–Crippen LogP) is 2.08. The van der Waals surface area contributed by atoms with Crippen molar-refractivity contribution in [1.29, 1.82) is 0 Å². The number of nitrogens with one attached hydrogen (secondary N) is 2. The molecule has 0 atom stereocenters. The maximum atomic E-state index is 11.9. The molecule has 0 radical (unpaired) electrons. The van der Waals surface area contributed by atoms with E-state index in [1.807, 2.05) is 0 Å². The highest BCUT2D eigenvalue weighted by Crippen LogP contribution is 2.31. The van der Waals surface area contributed by atoms with Crippen molar-refractivity contribution in [3.05, 3.63) is 17.0 Å². The molecule has 1 aromatic rings. The number of rotatable bonds is 8. The van der Waals surface area contributed by atoms with Gasteiger partial charge in [-0.3, -0.25) is 14.4 Å². The second-order valence-corrected chi connectivity index (χ2v) is 6.12. The second-order valence-electron chi connectivity index (χ2n) is 5.03. The van der Waals surface area contributed by atoms with E-state index >= 15 is 0 Å². The maximum Gasteiger partial charge on any atom is 0.303 e. The van der Waals surface area contributed by atoms with Gasteiger partial charge in [-0.2, -0.15) is 0 Å². The fourth-order valence-electron chi connectivity index (χ4n) is 1.79. The Morgan fingerprint density at radius 3 is 2.67 bits per heavy atom. The summed E-state index contributed by atoms with van der Waals surface area (Å²) in [5.41, 5.74) is 0. The normalized spacial score (nSPS) is 13.7. The van der Waals surface area contributed by atoms with Crippen LogP contribution in [0.25, 0.3) is 0 Å². The SMILES string of the molecule is O=C(O)CCCCNC(=O)c1ccc(NC(=O)C2CC2)s1. The van der Waals surface area contributed by atoms with Crippen LogP contribution in [-0.2, 0) is 9.59 Å². The first kappa shape index (κ1) is 15.5. The number of carbonyl (C=O) groups excluding carboxylic acids is 2. The predicted molar refractivity (Wildman–Crippen MR) is 79.5 cm³/mol. The first-order valence-corrected chi connectivity index (χ1v) is 7.78. The van der Waals surface area contributed by atoms with Gasteiger partial charge in [-0.1, -0.05) is 0 Å². The molecule has 2 rings (SSSR count). The highest BCUT2D eigenvalue weighted by Gasteiger charge is 2.29. The van der Waals surface area contributed by atoms with Crippen LogP contribution in [0.4, 0.5) is 5.00 Å². The summed E-state index contributed by atoms with van der Waals surface area (Å²) in [4.78, 5) is 34.3. The Morgan fingerprint density at radius 2 is 2.00 bits per heavy atom. The molecule has 0 saturated heterocycles. The smallest absolute Gasteiger partial charge is 0.303 e. The summed E-state index contributed by atoms with van der Waals surface area (Å²) in [6.45, 7) is 0.452. The zero-order chi connectivity index (χ0) is 15.2. The molecule has 1 fully saturated rings. The fourth-order valence-corrected chi connectivity index (χ4v) is 2.61. The van der Waals surface area contributed by atoms with Crippen LogP contribution in [0, 0.1) is 5.92 Å². The van der Waals surface area contributed by atoms with Gasteiger partial charge in [0, 0.05) is 18.9 Å². The van der Waals surface area contributed by atoms with E-state index in [-0.39, 0.29) is 24.2 Å². The average Bonchev–Trinajstić information content (AvgIpc) is 3.18. The van der Waals surface area contributed by atoms with Crippen molar-refractivity contribution in [1.82, 2.24) is 5.32 Å². The lowest BCUT2D eigenvalue weighted by molar-refractivity contribution is -0.137. The van der Waals surface area contributed by atoms with Crippen molar-refractivity contribution in [2.45, 2.75) is 32.1 Å². The number of carboxylic acid groups (broad SMARTS) is 1. The Hall–Kier alpha value is -1.89. The van der Waals surface area contributed by atoms with Crippen LogP contribution >= 0.6 is 11.3 Å². The van der Waals surface area contributed by atoms with Crippen LogP contribution in [0.3, 0.4) is 0 Å². The summed E-state index contributed by atoms with van der Waals surface area (Å²) in [5, 5.41) is 14.7. The summed E-state index contributed by atoms with van der Waals surface area (Å²) in [6.07, 6.45) is 3.19. The molecular weight excluding hydrogens is 292 g/mol. The van der Waals surface area contributed by atoms with Gasteiger partial charge in [-0.15, -0.1) is 11.3 Å². The van der Waals surface area contributed by atoms with Crippen molar-refractivity contribution in [2.24, 2.45) is 5.92 Å². The minimum atomic E-state index is -0.823. The summed E-state index contributed by atoms with van der Waals surface area (Å²) >= 11 is 1.25. The van der Waals surface area contributed by atoms with Crippen molar-refractivity contribution in [2.75, 3.05) is 11.9 Å². The molecule has 114 valence electrons. The van der Waals surface area contributed by atoms with Crippen molar-refractivity contribution in [3.8, 4) is 0 Å². The Balaban J connectivity index is 1.71. The Kier molecular flexibility index (Phi) is 5.32. The Bertz CT molecular complexity index is 537. The van der Waals surface area contributed by atoms with Gasteiger partial charge >= 0.3 is 5.97 Å². The third-order valence-corrected chi connectivity index (χ3v) is 4.13. The Labute approximate surface area is 126 Å². The number of aliphatic carboxylic acids is 1. The summed E-state index contributed by atoms with van der Waals surface area (Å²) < 4.78 is 0. The highest BCUT2D eigenvalue weighted by molar-refractivity contribution is 7.18. The number of carbonyl (C=O) groups is 3. The number of unbranched alkanes of at least 4 members (excludes halogenated alkanes) is 1. The largest absolute Gasteiger partial charge is 0.481 e. The third kappa shape index (κ3) is 5.18. The quantitative estimate of drug-likeness (QED) is 0.641. The van der Waals surface area contributed by atoms with E-state index in [0.29, 0.717) is 29.3 Å². The van der Waals surface area contributed by atoms with Gasteiger partial charge in [-0.25, -0.2) is 0 Å². The van der Waals surface area contributed by atoms with Crippen LogP contribution in [0.2, 0.25) is 0 Å². The molecule has 0 aliphatic heterocycles. The number of thiophene rings is 1. The van der Waals surface area contributed by atoms with Gasteiger partial charge in [0.25, 0.3) is 5.91 Å². The summed E-state index contributed by atoms with van der Waals surface area (Å²) in [5.74, 6) is -0.853. The minimum absolute atomic E-state index is 0.0254. The van der Waals surface area contributed by atoms with Crippen LogP contribution < -0.4 is 10.6 Å². The molecule has 3 N–H and O–H groups in total. The number of hydrogen-bond donors (Lipinski definition) is 3. The highest BCUT2D eigenvalue weighted by atomic mass is 32.1. The standard InChI is InChI=1S/C14H18N2O4S/c17-12(18)3-1-2-8-15-14(20)10-6-7-11(21-10)16-13(19)9-4-5-9/h6-7,9H,1-5,8H2,(H,15,20)(H,16,19)(H,17,18). The number of amides is 2. The topological polar surface area (TPSA) is 95.5 Å². The molecule has 1 saturated carbocycles. The van der Waals surface area contributed by atoms with E-state index in [1.54, 1.807) is 12.1 Å². The van der Waals surface area contributed by atoms with Crippen LogP contribution in [0.5, 0.6) is 0 Å². The molecule has 7 heteroatoms. The van der Waals surface area contributed by atoms with Crippen molar-refractivity contribution in [3.63, 3.8) is 0 Å². The zero-order valence-corrected chi connectivity index (χ0v) is 12.4. The average molecular weight is 310 g/mol. The minimum Gasteiger partial charge on any atom is -0.481 e. The van der Waals surface area contributed by atoms with Gasteiger partial charge in [0.15, 0.2) is 0 Å². The van der Waals surface area contributed by atoms with Crippen molar-refractivity contribution >= 4 is 34.1 Å². The molecule has 21 heavy (non-hydrogen) atoms. The van der Waals surface area contributed by atoms with Crippen LogP contribution in [0.1, 0.15) is 41.8 Å². The Morgan fingerprint density at radius 1 is 1.24 bits per heavy atom. The third-order valence-electron chi connectivity index (χ3n) is 3.13. The number of hydrogen-bond acceptors (Lipinski definition) is 4. The molecule has 1 aromatic heterocycles. The van der Waals surface area contributed by atoms with E-state index in [1.165, 1.54) is 11.3 Å². The maximum absolute atomic E-state index is 11.9. The number of anilines is 1. The molecule has 0 unspecified atom stereocenters. The molecule has 1 aliphatic carbocycles. The first-order valence-electron chi connectivity index (χ1n) is 6.97. The van der Waals surface area contributed by atoms with E-state index in [0.717, 1.165) is 12.8 Å². The molecule has 1 aliphatic rings. The number of carboxylic acids is 1. The molecule has 0 spiro atoms. The van der Waals surface area contributed by atoms with Crippen molar-refractivity contribution < 1.29 is 19.5 Å². The lowest BCUT2D eigenvalue weighted by Gasteiger charge is -2.02. The molecular formula is C14H18N2O4S. The van der Waals surface area contributed by atoms with E-state index in [9.17, 15) is 14.4 Å². The fraction of sp³-hybridized carbons (Fsp3) is 0.500. The van der Waals surface area contributed by atoms with Gasteiger partial charge in [-0.05, 0) is 37.8 Å². The molecule has 6 nitrogen and oxygen atoms in total. The van der Waals surface area contributed by atoms with Gasteiger partial charge < -0.3 is 15.7 Å². The molecule has 0 aromatic carbocycles.